The lowest BCUT2D eigenvalue weighted by Crippen LogP contribution is -2.13. The van der Waals surface area contributed by atoms with Crippen molar-refractivity contribution >= 4 is 43.5 Å². The minimum absolute atomic E-state index is 0.0133. The number of alkyl halides is 2. The highest BCUT2D eigenvalue weighted by molar-refractivity contribution is 9.25. The fourth-order valence-corrected chi connectivity index (χ4v) is 5.83. The zero-order valence-corrected chi connectivity index (χ0v) is 19.0. The summed E-state index contributed by atoms with van der Waals surface area (Å²) in [7, 11) is 1.34. The Hall–Kier alpha value is -1.67. The van der Waals surface area contributed by atoms with Crippen molar-refractivity contribution in [2.75, 3.05) is 7.11 Å². The van der Waals surface area contributed by atoms with Gasteiger partial charge in [0.15, 0.2) is 0 Å². The highest BCUT2D eigenvalue weighted by Crippen LogP contribution is 2.70. The van der Waals surface area contributed by atoms with Crippen LogP contribution in [0.15, 0.2) is 36.5 Å². The van der Waals surface area contributed by atoms with E-state index in [1.165, 1.54) is 13.2 Å². The standard InChI is InChI=1S/C20H22Br2N2O4/c1-3-19(13-20(19,21)22)9-6-10-23-12-14(11-17(23)18(25)28-2)15-7-4-5-8-16(15)24(26)27/h4-5,7-8,11-12H,3,6,9-10,13H2,1-2H3. The van der Waals surface area contributed by atoms with Gasteiger partial charge in [0.2, 0.25) is 0 Å². The van der Waals surface area contributed by atoms with Gasteiger partial charge in [0.25, 0.3) is 5.69 Å². The van der Waals surface area contributed by atoms with Crippen LogP contribution in [-0.2, 0) is 11.3 Å². The second-order valence-electron chi connectivity index (χ2n) is 7.19. The lowest BCUT2D eigenvalue weighted by Gasteiger charge is -2.16. The molecule has 1 fully saturated rings. The Morgan fingerprint density at radius 1 is 1.36 bits per heavy atom. The maximum absolute atomic E-state index is 12.2. The van der Waals surface area contributed by atoms with Gasteiger partial charge in [-0.25, -0.2) is 4.79 Å². The zero-order valence-electron chi connectivity index (χ0n) is 15.8. The van der Waals surface area contributed by atoms with E-state index in [-0.39, 0.29) is 14.3 Å². The van der Waals surface area contributed by atoms with Crippen molar-refractivity contribution in [3.8, 4) is 11.1 Å². The van der Waals surface area contributed by atoms with Gasteiger partial charge >= 0.3 is 5.97 Å². The summed E-state index contributed by atoms with van der Waals surface area (Å²) in [5, 5.41) is 11.4. The second kappa shape index (κ2) is 7.99. The van der Waals surface area contributed by atoms with Crippen LogP contribution in [0.2, 0.25) is 0 Å². The number of hydrogen-bond acceptors (Lipinski definition) is 4. The number of nitro groups is 1. The number of aromatic nitrogens is 1. The fourth-order valence-electron chi connectivity index (χ4n) is 3.80. The van der Waals surface area contributed by atoms with Crippen LogP contribution in [0.5, 0.6) is 0 Å². The predicted molar refractivity (Wildman–Crippen MR) is 115 cm³/mol. The van der Waals surface area contributed by atoms with Gasteiger partial charge in [0.05, 0.1) is 20.8 Å². The van der Waals surface area contributed by atoms with E-state index in [0.717, 1.165) is 25.7 Å². The summed E-state index contributed by atoms with van der Waals surface area (Å²) in [5.41, 5.74) is 1.78. The van der Waals surface area contributed by atoms with Crippen molar-refractivity contribution < 1.29 is 14.5 Å². The summed E-state index contributed by atoms with van der Waals surface area (Å²) in [5.74, 6) is -0.447. The Bertz CT molecular complexity index is 909. The first kappa shape index (κ1) is 21.0. The van der Waals surface area contributed by atoms with Crippen molar-refractivity contribution in [2.24, 2.45) is 5.41 Å². The first-order valence-electron chi connectivity index (χ1n) is 9.15. The summed E-state index contributed by atoms with van der Waals surface area (Å²) < 4.78 is 6.76. The number of methoxy groups -OCH3 is 1. The largest absolute Gasteiger partial charge is 0.464 e. The van der Waals surface area contributed by atoms with Crippen LogP contribution in [-0.4, -0.2) is 25.8 Å². The first-order valence-corrected chi connectivity index (χ1v) is 10.7. The van der Waals surface area contributed by atoms with Crippen molar-refractivity contribution in [1.82, 2.24) is 4.57 Å². The summed E-state index contributed by atoms with van der Waals surface area (Å²) in [4.78, 5) is 23.2. The third-order valence-electron chi connectivity index (χ3n) is 5.65. The smallest absolute Gasteiger partial charge is 0.354 e. The quantitative estimate of drug-likeness (QED) is 0.190. The molecule has 0 amide bonds. The van der Waals surface area contributed by atoms with Gasteiger partial charge in [-0.3, -0.25) is 10.1 Å². The molecule has 1 aliphatic carbocycles. The molecule has 1 atom stereocenters. The van der Waals surface area contributed by atoms with Crippen LogP contribution in [0.4, 0.5) is 5.69 Å². The van der Waals surface area contributed by atoms with Crippen LogP contribution in [0, 0.1) is 15.5 Å². The Morgan fingerprint density at radius 3 is 2.61 bits per heavy atom. The normalized spacial score (nSPS) is 20.0. The Labute approximate surface area is 180 Å². The van der Waals surface area contributed by atoms with Gasteiger partial charge in [-0.2, -0.15) is 0 Å². The van der Waals surface area contributed by atoms with E-state index < -0.39 is 10.9 Å². The molecule has 0 bridgehead atoms. The number of aryl methyl sites for hydroxylation is 1. The van der Waals surface area contributed by atoms with Crippen molar-refractivity contribution in [1.29, 1.82) is 0 Å². The molecule has 0 N–H and O–H groups in total. The number of carbonyl (C=O) groups is 1. The van der Waals surface area contributed by atoms with E-state index in [0.29, 0.717) is 23.4 Å². The van der Waals surface area contributed by atoms with Crippen LogP contribution >= 0.6 is 31.9 Å². The van der Waals surface area contributed by atoms with Crippen LogP contribution in [0.1, 0.15) is 43.1 Å². The van der Waals surface area contributed by atoms with Gasteiger partial charge in [-0.1, -0.05) is 50.9 Å². The van der Waals surface area contributed by atoms with E-state index in [9.17, 15) is 14.9 Å². The van der Waals surface area contributed by atoms with E-state index >= 15 is 0 Å². The number of para-hydroxylation sites is 1. The number of hydrogen-bond donors (Lipinski definition) is 0. The van der Waals surface area contributed by atoms with Gasteiger partial charge < -0.3 is 9.30 Å². The monoisotopic (exact) mass is 512 g/mol. The van der Waals surface area contributed by atoms with Crippen LogP contribution in [0.3, 0.4) is 0 Å². The molecule has 1 heterocycles. The molecule has 0 aliphatic heterocycles. The summed E-state index contributed by atoms with van der Waals surface area (Å²) in [6.45, 7) is 2.83. The highest BCUT2D eigenvalue weighted by atomic mass is 79.9. The Balaban J connectivity index is 1.85. The number of esters is 1. The molecule has 28 heavy (non-hydrogen) atoms. The van der Waals surface area contributed by atoms with Crippen LogP contribution in [0.25, 0.3) is 11.1 Å². The number of nitrogens with zero attached hydrogens (tertiary/aromatic N) is 2. The Kier molecular flexibility index (Phi) is 6.00. The van der Waals surface area contributed by atoms with Crippen molar-refractivity contribution in [3.63, 3.8) is 0 Å². The molecule has 8 heteroatoms. The minimum Gasteiger partial charge on any atom is -0.464 e. The van der Waals surface area contributed by atoms with Gasteiger partial charge in [-0.05, 0) is 43.2 Å². The number of nitro benzene ring substituents is 1. The molecular formula is C20H22Br2N2O4. The van der Waals surface area contributed by atoms with E-state index in [1.807, 2.05) is 4.57 Å². The second-order valence-corrected chi connectivity index (χ2v) is 11.0. The van der Waals surface area contributed by atoms with E-state index in [4.69, 9.17) is 4.74 Å². The lowest BCUT2D eigenvalue weighted by atomic mass is 9.97. The summed E-state index contributed by atoms with van der Waals surface area (Å²) in [6, 6.07) is 8.21. The van der Waals surface area contributed by atoms with Crippen molar-refractivity contribution in [2.45, 2.75) is 42.4 Å². The molecule has 6 nitrogen and oxygen atoms in total. The lowest BCUT2D eigenvalue weighted by molar-refractivity contribution is -0.384. The molecule has 2 aromatic rings. The molecule has 150 valence electrons. The molecule has 0 saturated heterocycles. The van der Waals surface area contributed by atoms with Gasteiger partial charge in [0, 0.05) is 24.4 Å². The maximum Gasteiger partial charge on any atom is 0.354 e. The molecule has 0 spiro atoms. The maximum atomic E-state index is 12.2. The number of halogens is 2. The Morgan fingerprint density at radius 2 is 2.04 bits per heavy atom. The van der Waals surface area contributed by atoms with Gasteiger partial charge in [-0.15, -0.1) is 0 Å². The number of carbonyl (C=O) groups excluding carboxylic acids is 1. The van der Waals surface area contributed by atoms with Crippen LogP contribution < -0.4 is 0 Å². The topological polar surface area (TPSA) is 74.4 Å². The molecule has 1 aliphatic rings. The summed E-state index contributed by atoms with van der Waals surface area (Å²) in [6.07, 6.45) is 5.85. The van der Waals surface area contributed by atoms with Gasteiger partial charge in [0.1, 0.15) is 5.69 Å². The highest BCUT2D eigenvalue weighted by Gasteiger charge is 2.62. The van der Waals surface area contributed by atoms with Crippen molar-refractivity contribution in [3.05, 3.63) is 52.3 Å². The molecule has 3 rings (SSSR count). The molecule has 1 aromatic carbocycles. The molecular weight excluding hydrogens is 492 g/mol. The average molecular weight is 514 g/mol. The number of rotatable bonds is 8. The van der Waals surface area contributed by atoms with E-state index in [1.54, 1.807) is 30.5 Å². The third kappa shape index (κ3) is 3.89. The molecule has 0 radical (unpaired) electrons. The fraction of sp³-hybridized carbons (Fsp3) is 0.450. The number of ether oxygens (including phenoxy) is 1. The third-order valence-corrected chi connectivity index (χ3v) is 7.89. The predicted octanol–water partition coefficient (Wildman–Crippen LogP) is 5.92. The zero-order chi connectivity index (χ0) is 20.5. The minimum atomic E-state index is -0.447. The molecule has 1 aromatic heterocycles. The first-order chi connectivity index (χ1) is 13.2. The number of benzene rings is 1. The SMILES string of the molecule is CCC1(CCCn2cc(-c3ccccc3[N+](=O)[O-])cc2C(=O)OC)CC1(Br)Br. The molecule has 1 unspecified atom stereocenters. The average Bonchev–Trinajstić information content (AvgIpc) is 3.01. The summed E-state index contributed by atoms with van der Waals surface area (Å²) >= 11 is 7.47. The molecule has 1 saturated carbocycles. The van der Waals surface area contributed by atoms with E-state index in [2.05, 4.69) is 38.8 Å².